The van der Waals surface area contributed by atoms with Crippen molar-refractivity contribution < 1.29 is 14.2 Å². The molecule has 1 heterocycles. The predicted molar refractivity (Wildman–Crippen MR) is 65.2 cm³/mol. The molecule has 0 spiro atoms. The number of ether oxygens (including phenoxy) is 3. The van der Waals surface area contributed by atoms with Gasteiger partial charge in [-0.05, 0) is 19.2 Å². The van der Waals surface area contributed by atoms with Gasteiger partial charge in [-0.2, -0.15) is 0 Å². The molecule has 0 radical (unpaired) electrons. The molecule has 0 fully saturated rings. The summed E-state index contributed by atoms with van der Waals surface area (Å²) in [5.41, 5.74) is 0.996. The first-order valence-electron chi connectivity index (χ1n) is 5.66. The van der Waals surface area contributed by atoms with Crippen LogP contribution in [0.5, 0.6) is 5.75 Å². The molecule has 1 N–H and O–H groups in total. The standard InChI is InChI=1S/C12H20N2O3/c1-13-9-11-3-4-12(10-14-11)17-8-7-16-6-5-15-2/h3-4,10,13H,5-9H2,1-2H3. The molecule has 0 aromatic carbocycles. The van der Waals surface area contributed by atoms with Crippen LogP contribution in [0.3, 0.4) is 0 Å². The maximum Gasteiger partial charge on any atom is 0.137 e. The largest absolute Gasteiger partial charge is 0.490 e. The molecule has 0 saturated carbocycles. The van der Waals surface area contributed by atoms with Crippen LogP contribution in [0.15, 0.2) is 18.3 Å². The van der Waals surface area contributed by atoms with Gasteiger partial charge in [0.25, 0.3) is 0 Å². The fourth-order valence-corrected chi connectivity index (χ4v) is 1.24. The number of hydrogen-bond donors (Lipinski definition) is 1. The van der Waals surface area contributed by atoms with Crippen molar-refractivity contribution in [3.8, 4) is 5.75 Å². The highest BCUT2D eigenvalue weighted by Gasteiger charge is 1.96. The van der Waals surface area contributed by atoms with Crippen LogP contribution >= 0.6 is 0 Å². The summed E-state index contributed by atoms with van der Waals surface area (Å²) in [6, 6.07) is 3.85. The van der Waals surface area contributed by atoms with E-state index in [1.165, 1.54) is 0 Å². The molecule has 1 rings (SSSR count). The summed E-state index contributed by atoms with van der Waals surface area (Å²) in [7, 11) is 3.54. The van der Waals surface area contributed by atoms with Crippen LogP contribution in [0.25, 0.3) is 0 Å². The maximum absolute atomic E-state index is 5.47. The highest BCUT2D eigenvalue weighted by Crippen LogP contribution is 2.08. The molecule has 1 aromatic heterocycles. The molecule has 0 unspecified atom stereocenters. The normalized spacial score (nSPS) is 10.5. The van der Waals surface area contributed by atoms with Gasteiger partial charge >= 0.3 is 0 Å². The predicted octanol–water partition coefficient (Wildman–Crippen LogP) is 0.843. The van der Waals surface area contributed by atoms with E-state index < -0.39 is 0 Å². The molecular weight excluding hydrogens is 220 g/mol. The fraction of sp³-hybridized carbons (Fsp3) is 0.583. The van der Waals surface area contributed by atoms with Crippen molar-refractivity contribution in [2.45, 2.75) is 6.54 Å². The first kappa shape index (κ1) is 13.9. The molecule has 5 nitrogen and oxygen atoms in total. The highest BCUT2D eigenvalue weighted by atomic mass is 16.5. The van der Waals surface area contributed by atoms with E-state index >= 15 is 0 Å². The third kappa shape index (κ3) is 6.21. The first-order chi connectivity index (χ1) is 8.36. The second-order valence-electron chi connectivity index (χ2n) is 3.47. The SMILES string of the molecule is CNCc1ccc(OCCOCCOC)cn1. The van der Waals surface area contributed by atoms with E-state index in [0.717, 1.165) is 18.0 Å². The van der Waals surface area contributed by atoms with Crippen LogP contribution in [0.4, 0.5) is 0 Å². The molecule has 0 amide bonds. The molecule has 5 heteroatoms. The summed E-state index contributed by atoms with van der Waals surface area (Å²) >= 11 is 0. The van der Waals surface area contributed by atoms with Crippen molar-refractivity contribution in [2.24, 2.45) is 0 Å². The second kappa shape index (κ2) is 8.92. The van der Waals surface area contributed by atoms with Gasteiger partial charge in [-0.25, -0.2) is 0 Å². The lowest BCUT2D eigenvalue weighted by molar-refractivity contribution is 0.0543. The summed E-state index contributed by atoms with van der Waals surface area (Å²) in [6.07, 6.45) is 1.72. The number of nitrogens with one attached hydrogen (secondary N) is 1. The van der Waals surface area contributed by atoms with Crippen molar-refractivity contribution in [1.29, 1.82) is 0 Å². The minimum atomic E-state index is 0.525. The lowest BCUT2D eigenvalue weighted by Gasteiger charge is -2.07. The minimum Gasteiger partial charge on any atom is -0.490 e. The average Bonchev–Trinajstić information content (AvgIpc) is 2.36. The van der Waals surface area contributed by atoms with E-state index in [1.54, 1.807) is 13.3 Å². The van der Waals surface area contributed by atoms with Crippen molar-refractivity contribution in [3.05, 3.63) is 24.0 Å². The Labute approximate surface area is 102 Å². The molecule has 1 aromatic rings. The van der Waals surface area contributed by atoms with Gasteiger partial charge in [-0.3, -0.25) is 4.98 Å². The van der Waals surface area contributed by atoms with E-state index in [0.29, 0.717) is 26.4 Å². The molecule has 0 bridgehead atoms. The van der Waals surface area contributed by atoms with Crippen LogP contribution in [0.2, 0.25) is 0 Å². The Kier molecular flexibility index (Phi) is 7.29. The van der Waals surface area contributed by atoms with E-state index in [4.69, 9.17) is 14.2 Å². The van der Waals surface area contributed by atoms with E-state index in [2.05, 4.69) is 10.3 Å². The number of hydrogen-bond acceptors (Lipinski definition) is 5. The summed E-state index contributed by atoms with van der Waals surface area (Å²) in [6.45, 7) is 3.05. The van der Waals surface area contributed by atoms with Crippen LogP contribution in [-0.2, 0) is 16.0 Å². The molecule has 0 saturated heterocycles. The lowest BCUT2D eigenvalue weighted by atomic mass is 10.3. The third-order valence-electron chi connectivity index (χ3n) is 2.08. The molecule has 0 aliphatic carbocycles. The summed E-state index contributed by atoms with van der Waals surface area (Å²) in [5.74, 6) is 0.764. The van der Waals surface area contributed by atoms with Gasteiger partial charge in [-0.1, -0.05) is 0 Å². The van der Waals surface area contributed by atoms with Gasteiger partial charge < -0.3 is 19.5 Å². The van der Waals surface area contributed by atoms with Crippen LogP contribution in [-0.4, -0.2) is 45.6 Å². The number of rotatable bonds is 9. The van der Waals surface area contributed by atoms with E-state index in [9.17, 15) is 0 Å². The number of methoxy groups -OCH3 is 1. The van der Waals surface area contributed by atoms with E-state index in [-0.39, 0.29) is 0 Å². The summed E-state index contributed by atoms with van der Waals surface area (Å²) in [5, 5.41) is 3.04. The van der Waals surface area contributed by atoms with Gasteiger partial charge in [0.2, 0.25) is 0 Å². The van der Waals surface area contributed by atoms with Crippen LogP contribution in [0.1, 0.15) is 5.69 Å². The Bertz CT molecular complexity index is 290. The Balaban J connectivity index is 2.14. The smallest absolute Gasteiger partial charge is 0.137 e. The van der Waals surface area contributed by atoms with Crippen LogP contribution < -0.4 is 10.1 Å². The number of aromatic nitrogens is 1. The number of nitrogens with zero attached hydrogens (tertiary/aromatic N) is 1. The zero-order valence-electron chi connectivity index (χ0n) is 10.4. The molecule has 96 valence electrons. The average molecular weight is 240 g/mol. The Morgan fingerprint density at radius 2 is 2.00 bits per heavy atom. The van der Waals surface area contributed by atoms with Crippen molar-refractivity contribution in [2.75, 3.05) is 40.6 Å². The van der Waals surface area contributed by atoms with Crippen molar-refractivity contribution in [1.82, 2.24) is 10.3 Å². The lowest BCUT2D eigenvalue weighted by Crippen LogP contribution is -2.10. The Hall–Kier alpha value is -1.17. The quantitative estimate of drug-likeness (QED) is 0.648. The molecule has 0 aliphatic heterocycles. The maximum atomic E-state index is 5.47. The molecule has 17 heavy (non-hydrogen) atoms. The molecule has 0 atom stereocenters. The van der Waals surface area contributed by atoms with Gasteiger partial charge in [-0.15, -0.1) is 0 Å². The topological polar surface area (TPSA) is 52.6 Å². The second-order valence-corrected chi connectivity index (χ2v) is 3.47. The summed E-state index contributed by atoms with van der Waals surface area (Å²) in [4.78, 5) is 4.25. The fourth-order valence-electron chi connectivity index (χ4n) is 1.24. The van der Waals surface area contributed by atoms with E-state index in [1.807, 2.05) is 19.2 Å². The van der Waals surface area contributed by atoms with Crippen molar-refractivity contribution >= 4 is 0 Å². The summed E-state index contributed by atoms with van der Waals surface area (Å²) < 4.78 is 15.6. The highest BCUT2D eigenvalue weighted by molar-refractivity contribution is 5.19. The van der Waals surface area contributed by atoms with Gasteiger partial charge in [0.05, 0.1) is 31.7 Å². The monoisotopic (exact) mass is 240 g/mol. The Morgan fingerprint density at radius 1 is 1.18 bits per heavy atom. The van der Waals surface area contributed by atoms with Crippen LogP contribution in [0, 0.1) is 0 Å². The van der Waals surface area contributed by atoms with Gasteiger partial charge in [0, 0.05) is 13.7 Å². The molecule has 0 aliphatic rings. The number of pyridine rings is 1. The Morgan fingerprint density at radius 3 is 2.65 bits per heavy atom. The minimum absolute atomic E-state index is 0.525. The van der Waals surface area contributed by atoms with Gasteiger partial charge in [0.15, 0.2) is 0 Å². The third-order valence-corrected chi connectivity index (χ3v) is 2.08. The van der Waals surface area contributed by atoms with Crippen molar-refractivity contribution in [3.63, 3.8) is 0 Å². The zero-order valence-corrected chi connectivity index (χ0v) is 10.4. The first-order valence-corrected chi connectivity index (χ1v) is 5.66. The van der Waals surface area contributed by atoms with Gasteiger partial charge in [0.1, 0.15) is 12.4 Å². The zero-order chi connectivity index (χ0) is 12.3. The molecular formula is C12H20N2O3.